The second-order valence-corrected chi connectivity index (χ2v) is 8.79. The summed E-state index contributed by atoms with van der Waals surface area (Å²) in [7, 11) is 0. The number of ether oxygens (including phenoxy) is 2. The zero-order chi connectivity index (χ0) is 19.7. The number of epoxide rings is 1. The van der Waals surface area contributed by atoms with Gasteiger partial charge in [-0.25, -0.2) is 4.79 Å². The molecule has 5 heterocycles. The first-order valence-electron chi connectivity index (χ1n) is 9.84. The molecule has 0 aromatic carbocycles. The number of aliphatic hydroxyl groups is 1. The molecule has 0 amide bonds. The number of hydrogen-bond acceptors (Lipinski definition) is 6. The molecule has 5 rings (SSSR count). The average Bonchev–Trinajstić information content (AvgIpc) is 3.03. The fourth-order valence-corrected chi connectivity index (χ4v) is 5.94. The Hall–Kier alpha value is -0.770. The standard InChI is InChI=1S/C18H19NO4S2.CH4.BrH/c1-19-11-8-10(9-12(19)16-15(11)23-16)22-17(20)18(21,13-4-2-6-24-13)14-5-3-7-25-14;;/h2-7,10-12,15-16,21H,8-9H2,1H3;1H4;1H/i1D3;;. The van der Waals surface area contributed by atoms with Crippen LogP contribution in [0.2, 0.25) is 0 Å². The number of rotatable bonds is 4. The van der Waals surface area contributed by atoms with Gasteiger partial charge in [0.25, 0.3) is 0 Å². The van der Waals surface area contributed by atoms with E-state index in [4.69, 9.17) is 13.6 Å². The summed E-state index contributed by atoms with van der Waals surface area (Å²) in [4.78, 5) is 14.7. The zero-order valence-electron chi connectivity index (χ0n) is 16.6. The molecule has 0 saturated carbocycles. The fourth-order valence-electron chi connectivity index (χ4n) is 4.22. The summed E-state index contributed by atoms with van der Waals surface area (Å²) in [5.41, 5.74) is -1.84. The van der Waals surface area contributed by atoms with Gasteiger partial charge in [0, 0.05) is 12.8 Å². The lowest BCUT2D eigenvalue weighted by Gasteiger charge is -2.36. The van der Waals surface area contributed by atoms with Gasteiger partial charge in [-0.3, -0.25) is 0 Å². The highest BCUT2D eigenvalue weighted by atomic mass is 79.9. The number of thiophene rings is 2. The molecule has 3 saturated heterocycles. The minimum absolute atomic E-state index is 0. The van der Waals surface area contributed by atoms with Gasteiger partial charge in [0.2, 0.25) is 5.60 Å². The van der Waals surface area contributed by atoms with Crippen molar-refractivity contribution in [3.05, 3.63) is 44.8 Å². The Labute approximate surface area is 181 Å². The van der Waals surface area contributed by atoms with Crippen molar-refractivity contribution in [1.29, 1.82) is 0 Å². The van der Waals surface area contributed by atoms with Crippen molar-refractivity contribution >= 4 is 28.6 Å². The summed E-state index contributed by atoms with van der Waals surface area (Å²) >= 11 is 2.60. The van der Waals surface area contributed by atoms with Gasteiger partial charge in [0.05, 0.1) is 20.8 Å². The summed E-state index contributed by atoms with van der Waals surface area (Å²) < 4.78 is 34.9. The minimum Gasteiger partial charge on any atom is -1.00 e. The molecular weight excluding hydrogens is 450 g/mol. The normalized spacial score (nSPS) is 35.5. The number of carbonyl (C=O) groups is 1. The molecule has 3 aliphatic rings. The first-order chi connectivity index (χ1) is 13.3. The summed E-state index contributed by atoms with van der Waals surface area (Å²) in [6.07, 6.45) is 0.330. The van der Waals surface area contributed by atoms with E-state index in [0.717, 1.165) is 0 Å². The van der Waals surface area contributed by atoms with Crippen molar-refractivity contribution < 1.29 is 45.4 Å². The third-order valence-corrected chi connectivity index (χ3v) is 7.47. The second kappa shape index (κ2) is 7.57. The fraction of sp³-hybridized carbons (Fsp3) is 0.526. The topological polar surface area (TPSA) is 63.5 Å². The Morgan fingerprint density at radius 1 is 1.26 bits per heavy atom. The van der Waals surface area contributed by atoms with Crippen LogP contribution in [0.25, 0.3) is 0 Å². The molecule has 3 aliphatic heterocycles. The van der Waals surface area contributed by atoms with E-state index in [-0.39, 0.29) is 48.7 Å². The molecule has 5 nitrogen and oxygen atoms in total. The van der Waals surface area contributed by atoms with E-state index in [1.807, 2.05) is 10.8 Å². The van der Waals surface area contributed by atoms with Gasteiger partial charge in [-0.2, -0.15) is 0 Å². The van der Waals surface area contributed by atoms with Gasteiger partial charge in [0.15, 0.2) is 0 Å². The van der Waals surface area contributed by atoms with Crippen LogP contribution in [0.4, 0.5) is 0 Å². The Morgan fingerprint density at radius 2 is 1.81 bits per heavy atom. The van der Waals surface area contributed by atoms with Gasteiger partial charge < -0.3 is 36.5 Å². The molecule has 4 unspecified atom stereocenters. The highest BCUT2D eigenvalue weighted by Gasteiger charge is 2.67. The predicted molar refractivity (Wildman–Crippen MR) is 101 cm³/mol. The Kier molecular flexibility index (Phi) is 4.80. The molecule has 4 atom stereocenters. The molecule has 2 aromatic rings. The summed E-state index contributed by atoms with van der Waals surface area (Å²) in [6, 6.07) is 6.61. The summed E-state index contributed by atoms with van der Waals surface area (Å²) in [5.74, 6) is -0.700. The van der Waals surface area contributed by atoms with E-state index in [9.17, 15) is 9.90 Å². The van der Waals surface area contributed by atoms with E-state index < -0.39 is 24.7 Å². The van der Waals surface area contributed by atoms with Gasteiger partial charge in [-0.15, -0.1) is 22.7 Å². The lowest BCUT2D eigenvalue weighted by Crippen LogP contribution is -3.17. The highest BCUT2D eigenvalue weighted by molar-refractivity contribution is 7.12. The van der Waals surface area contributed by atoms with Crippen LogP contribution >= 0.6 is 22.7 Å². The second-order valence-electron chi connectivity index (χ2n) is 6.90. The third kappa shape index (κ3) is 3.20. The Morgan fingerprint density at radius 3 is 2.26 bits per heavy atom. The monoisotopic (exact) mass is 476 g/mol. The van der Waals surface area contributed by atoms with Crippen LogP contribution in [0.3, 0.4) is 0 Å². The number of hydrogen-bond donors (Lipinski definition) is 2. The first kappa shape index (κ1) is 17.1. The third-order valence-electron chi connectivity index (χ3n) is 5.51. The van der Waals surface area contributed by atoms with Crippen molar-refractivity contribution in [1.82, 2.24) is 0 Å². The van der Waals surface area contributed by atoms with Gasteiger partial charge in [-0.1, -0.05) is 19.6 Å². The number of nitrogens with one attached hydrogen (secondary N) is 1. The number of esters is 1. The van der Waals surface area contributed by atoms with Crippen LogP contribution in [0, 0.1) is 0 Å². The zero-order valence-corrected chi connectivity index (χ0v) is 16.9. The molecule has 0 aliphatic carbocycles. The molecule has 0 radical (unpaired) electrons. The number of morpholine rings is 1. The Balaban J connectivity index is 0.00000128. The van der Waals surface area contributed by atoms with Crippen LogP contribution in [0.5, 0.6) is 0 Å². The van der Waals surface area contributed by atoms with E-state index in [2.05, 4.69) is 0 Å². The average molecular weight is 477 g/mol. The SMILES string of the molecule is C.[2H]C([2H])([2H])[NH+]1C2CC(OC(=O)C(O)(c3cccs3)c3cccs3)CC1C1OC12.[Br-]. The number of piperidine rings is 1. The number of carbonyl (C=O) groups excluding carboxylic acids is 1. The Bertz CT molecular complexity index is 825. The quantitative estimate of drug-likeness (QED) is 0.413. The maximum atomic E-state index is 13.1. The van der Waals surface area contributed by atoms with Crippen molar-refractivity contribution in [3.8, 4) is 0 Å². The number of likely N-dealkylation sites (N-methyl/N-ethyl adjacent to an activating group) is 1. The number of halogens is 1. The molecule has 2 aromatic heterocycles. The minimum atomic E-state index is -2.10. The van der Waals surface area contributed by atoms with E-state index in [0.29, 0.717) is 27.5 Å². The predicted octanol–water partition coefficient (Wildman–Crippen LogP) is -1.58. The molecule has 3 fully saturated rings. The summed E-state index contributed by atoms with van der Waals surface area (Å²) in [6.45, 7) is -2.10. The molecule has 8 heteroatoms. The highest BCUT2D eigenvalue weighted by Crippen LogP contribution is 2.41. The smallest absolute Gasteiger partial charge is 0.349 e. The number of fused-ring (bicyclic) bond motifs is 5. The van der Waals surface area contributed by atoms with E-state index in [1.54, 1.807) is 24.3 Å². The van der Waals surface area contributed by atoms with Crippen molar-refractivity contribution in [2.45, 2.75) is 56.3 Å². The molecule has 0 spiro atoms. The van der Waals surface area contributed by atoms with Crippen LogP contribution < -0.4 is 21.9 Å². The lowest BCUT2D eigenvalue weighted by molar-refractivity contribution is -0.930. The van der Waals surface area contributed by atoms with Gasteiger partial charge >= 0.3 is 5.97 Å². The molecule has 2 N–H and O–H groups in total. The van der Waals surface area contributed by atoms with Crippen LogP contribution in [0.1, 0.15) is 34.1 Å². The van der Waals surface area contributed by atoms with Crippen LogP contribution in [-0.4, -0.2) is 48.4 Å². The van der Waals surface area contributed by atoms with E-state index in [1.165, 1.54) is 22.7 Å². The molecular formula is C19H24BrNO4S2. The summed E-state index contributed by atoms with van der Waals surface area (Å²) in [5, 5.41) is 15.0. The molecule has 27 heavy (non-hydrogen) atoms. The largest absolute Gasteiger partial charge is 1.00 e. The van der Waals surface area contributed by atoms with Crippen molar-refractivity contribution in [3.63, 3.8) is 0 Å². The molecule has 148 valence electrons. The van der Waals surface area contributed by atoms with Crippen molar-refractivity contribution in [2.75, 3.05) is 6.98 Å². The maximum absolute atomic E-state index is 13.1. The molecule has 2 bridgehead atoms. The van der Waals surface area contributed by atoms with Crippen LogP contribution in [-0.2, 0) is 19.9 Å². The lowest BCUT2D eigenvalue weighted by atomic mass is 9.97. The van der Waals surface area contributed by atoms with Crippen LogP contribution in [0.15, 0.2) is 35.0 Å². The number of quaternary nitrogens is 1. The first-order valence-corrected chi connectivity index (χ1v) is 10.1. The van der Waals surface area contributed by atoms with Gasteiger partial charge in [-0.05, 0) is 22.9 Å². The van der Waals surface area contributed by atoms with Crippen molar-refractivity contribution in [2.24, 2.45) is 0 Å². The van der Waals surface area contributed by atoms with Gasteiger partial charge in [0.1, 0.15) is 30.4 Å². The van der Waals surface area contributed by atoms with E-state index >= 15 is 0 Å². The maximum Gasteiger partial charge on any atom is 0.349 e.